The van der Waals surface area contributed by atoms with Gasteiger partial charge >= 0.3 is 0 Å². The van der Waals surface area contributed by atoms with Gasteiger partial charge in [-0.25, -0.2) is 4.68 Å². The maximum absolute atomic E-state index is 12.7. The molecular formula is C20H19N3O3. The third kappa shape index (κ3) is 3.01. The van der Waals surface area contributed by atoms with Crippen molar-refractivity contribution < 1.29 is 14.3 Å². The first-order valence-electron chi connectivity index (χ1n) is 8.55. The van der Waals surface area contributed by atoms with Crippen LogP contribution in [0.2, 0.25) is 0 Å². The molecule has 0 atom stereocenters. The van der Waals surface area contributed by atoms with Crippen molar-refractivity contribution in [2.75, 3.05) is 6.79 Å². The molecule has 1 aliphatic heterocycles. The Morgan fingerprint density at radius 1 is 1.15 bits per heavy atom. The van der Waals surface area contributed by atoms with Gasteiger partial charge < -0.3 is 14.8 Å². The minimum Gasteiger partial charge on any atom is -0.454 e. The van der Waals surface area contributed by atoms with E-state index in [9.17, 15) is 4.79 Å². The second-order valence-electron chi connectivity index (χ2n) is 5.98. The Morgan fingerprint density at radius 2 is 1.96 bits per heavy atom. The zero-order valence-electron chi connectivity index (χ0n) is 14.4. The third-order valence-electron chi connectivity index (χ3n) is 4.34. The van der Waals surface area contributed by atoms with Gasteiger partial charge in [-0.1, -0.05) is 31.2 Å². The van der Waals surface area contributed by atoms with E-state index in [0.717, 1.165) is 22.7 Å². The molecule has 1 aliphatic rings. The molecule has 2 aromatic carbocycles. The number of nitrogens with zero attached hydrogens (tertiary/aromatic N) is 2. The molecule has 0 aliphatic carbocycles. The number of ether oxygens (including phenoxy) is 2. The summed E-state index contributed by atoms with van der Waals surface area (Å²) in [4.78, 5) is 12.7. The molecule has 2 heterocycles. The Bertz CT molecular complexity index is 935. The van der Waals surface area contributed by atoms with Crippen molar-refractivity contribution in [3.05, 3.63) is 71.5 Å². The van der Waals surface area contributed by atoms with Crippen molar-refractivity contribution >= 4 is 5.91 Å². The average Bonchev–Trinajstić information content (AvgIpc) is 3.32. The Balaban J connectivity index is 1.51. The molecule has 132 valence electrons. The van der Waals surface area contributed by atoms with Crippen molar-refractivity contribution in [2.24, 2.45) is 0 Å². The van der Waals surface area contributed by atoms with Crippen molar-refractivity contribution in [1.82, 2.24) is 15.1 Å². The largest absolute Gasteiger partial charge is 0.454 e. The summed E-state index contributed by atoms with van der Waals surface area (Å²) in [5, 5.41) is 7.36. The predicted molar refractivity (Wildman–Crippen MR) is 96.7 cm³/mol. The molecule has 6 heteroatoms. The van der Waals surface area contributed by atoms with Crippen LogP contribution in [0.1, 0.15) is 28.5 Å². The smallest absolute Gasteiger partial charge is 0.255 e. The average molecular weight is 349 g/mol. The highest BCUT2D eigenvalue weighted by Crippen LogP contribution is 2.32. The molecule has 6 nitrogen and oxygen atoms in total. The van der Waals surface area contributed by atoms with Crippen LogP contribution in [0.4, 0.5) is 0 Å². The summed E-state index contributed by atoms with van der Waals surface area (Å²) in [5.41, 5.74) is 3.38. The molecule has 0 spiro atoms. The number of benzene rings is 2. The molecule has 1 amide bonds. The number of rotatable bonds is 5. The van der Waals surface area contributed by atoms with E-state index in [1.807, 2.05) is 60.1 Å². The van der Waals surface area contributed by atoms with Crippen LogP contribution in [0, 0.1) is 0 Å². The van der Waals surface area contributed by atoms with E-state index in [1.54, 1.807) is 6.20 Å². The van der Waals surface area contributed by atoms with Crippen molar-refractivity contribution in [3.8, 4) is 17.2 Å². The van der Waals surface area contributed by atoms with Crippen LogP contribution < -0.4 is 14.8 Å². The van der Waals surface area contributed by atoms with Gasteiger partial charge in [-0.2, -0.15) is 5.10 Å². The molecule has 4 rings (SSSR count). The first kappa shape index (κ1) is 16.2. The van der Waals surface area contributed by atoms with E-state index in [1.165, 1.54) is 0 Å². The van der Waals surface area contributed by atoms with Crippen LogP contribution in [0.15, 0.2) is 54.7 Å². The van der Waals surface area contributed by atoms with Gasteiger partial charge in [0, 0.05) is 6.54 Å². The monoisotopic (exact) mass is 349 g/mol. The first-order chi connectivity index (χ1) is 12.8. The minimum atomic E-state index is -0.137. The summed E-state index contributed by atoms with van der Waals surface area (Å²) in [6.45, 7) is 2.67. The van der Waals surface area contributed by atoms with Gasteiger partial charge in [-0.05, 0) is 36.2 Å². The van der Waals surface area contributed by atoms with E-state index in [-0.39, 0.29) is 12.7 Å². The fourth-order valence-electron chi connectivity index (χ4n) is 3.02. The summed E-state index contributed by atoms with van der Waals surface area (Å²) in [6, 6.07) is 15.5. The molecule has 0 bridgehead atoms. The molecule has 0 radical (unpaired) electrons. The van der Waals surface area contributed by atoms with E-state index in [2.05, 4.69) is 10.4 Å². The second-order valence-corrected chi connectivity index (χ2v) is 5.98. The van der Waals surface area contributed by atoms with Gasteiger partial charge in [0.15, 0.2) is 11.5 Å². The second kappa shape index (κ2) is 6.92. The molecule has 3 aromatic rings. The Morgan fingerprint density at radius 3 is 2.77 bits per heavy atom. The Labute approximate surface area is 151 Å². The summed E-state index contributed by atoms with van der Waals surface area (Å²) >= 11 is 0. The van der Waals surface area contributed by atoms with Crippen LogP contribution in [0.5, 0.6) is 11.5 Å². The van der Waals surface area contributed by atoms with Crippen LogP contribution in [-0.2, 0) is 13.0 Å². The number of hydrogen-bond acceptors (Lipinski definition) is 4. The number of nitrogens with one attached hydrogen (secondary N) is 1. The topological polar surface area (TPSA) is 65.4 Å². The lowest BCUT2D eigenvalue weighted by Gasteiger charge is -2.09. The van der Waals surface area contributed by atoms with Gasteiger partial charge in [0.2, 0.25) is 6.79 Å². The van der Waals surface area contributed by atoms with Crippen LogP contribution in [0.25, 0.3) is 5.69 Å². The van der Waals surface area contributed by atoms with Crippen molar-refractivity contribution in [1.29, 1.82) is 0 Å². The van der Waals surface area contributed by atoms with Gasteiger partial charge in [0.25, 0.3) is 5.91 Å². The molecule has 0 saturated heterocycles. The molecule has 0 unspecified atom stereocenters. The predicted octanol–water partition coefficient (Wildman–Crippen LogP) is 3.09. The molecule has 1 N–H and O–H groups in total. The minimum absolute atomic E-state index is 0.137. The van der Waals surface area contributed by atoms with E-state index in [0.29, 0.717) is 24.3 Å². The summed E-state index contributed by atoms with van der Waals surface area (Å²) in [7, 11) is 0. The summed E-state index contributed by atoms with van der Waals surface area (Å²) < 4.78 is 12.5. The maximum atomic E-state index is 12.7. The lowest BCUT2D eigenvalue weighted by Crippen LogP contribution is -2.23. The van der Waals surface area contributed by atoms with E-state index >= 15 is 0 Å². The number of hydrogen-bond donors (Lipinski definition) is 1. The third-order valence-corrected chi connectivity index (χ3v) is 4.34. The lowest BCUT2D eigenvalue weighted by atomic mass is 10.1. The standard InChI is InChI=1S/C20H19N3O3/c1-2-17-16(12-22-23(17)15-6-4-3-5-7-15)20(24)21-11-14-8-9-18-19(10-14)26-13-25-18/h3-10,12H,2,11,13H2,1H3,(H,21,24). The van der Waals surface area contributed by atoms with Crippen LogP contribution in [-0.4, -0.2) is 22.5 Å². The van der Waals surface area contributed by atoms with Gasteiger partial charge in [-0.3, -0.25) is 4.79 Å². The van der Waals surface area contributed by atoms with Gasteiger partial charge in [-0.15, -0.1) is 0 Å². The normalized spacial score (nSPS) is 12.2. The highest BCUT2D eigenvalue weighted by Gasteiger charge is 2.18. The SMILES string of the molecule is CCc1c(C(=O)NCc2ccc3c(c2)OCO3)cnn1-c1ccccc1. The molecule has 1 aromatic heterocycles. The lowest BCUT2D eigenvalue weighted by molar-refractivity contribution is 0.0950. The summed E-state index contributed by atoms with van der Waals surface area (Å²) in [6.07, 6.45) is 2.34. The Kier molecular flexibility index (Phi) is 4.31. The van der Waals surface area contributed by atoms with Crippen molar-refractivity contribution in [3.63, 3.8) is 0 Å². The van der Waals surface area contributed by atoms with Crippen molar-refractivity contribution in [2.45, 2.75) is 19.9 Å². The maximum Gasteiger partial charge on any atom is 0.255 e. The van der Waals surface area contributed by atoms with E-state index < -0.39 is 0 Å². The number of amides is 1. The number of carbonyl (C=O) groups is 1. The van der Waals surface area contributed by atoms with Gasteiger partial charge in [0.1, 0.15) is 0 Å². The molecule has 0 saturated carbocycles. The zero-order chi connectivity index (χ0) is 17.9. The number of carbonyl (C=O) groups excluding carboxylic acids is 1. The molecule has 0 fully saturated rings. The van der Waals surface area contributed by atoms with E-state index in [4.69, 9.17) is 9.47 Å². The summed E-state index contributed by atoms with van der Waals surface area (Å²) in [5.74, 6) is 1.31. The number of para-hydroxylation sites is 1. The molecular weight excluding hydrogens is 330 g/mol. The first-order valence-corrected chi connectivity index (χ1v) is 8.55. The molecule has 26 heavy (non-hydrogen) atoms. The van der Waals surface area contributed by atoms with Crippen LogP contribution >= 0.6 is 0 Å². The van der Waals surface area contributed by atoms with Gasteiger partial charge in [0.05, 0.1) is 23.1 Å². The fraction of sp³-hybridized carbons (Fsp3) is 0.200. The van der Waals surface area contributed by atoms with Crippen LogP contribution in [0.3, 0.4) is 0 Å². The fourth-order valence-corrected chi connectivity index (χ4v) is 3.02. The quantitative estimate of drug-likeness (QED) is 0.769. The highest BCUT2D eigenvalue weighted by molar-refractivity contribution is 5.95. The number of fused-ring (bicyclic) bond motifs is 1. The highest BCUT2D eigenvalue weighted by atomic mass is 16.7. The number of aromatic nitrogens is 2. The Hall–Kier alpha value is -3.28. The zero-order valence-corrected chi connectivity index (χ0v) is 14.4.